The van der Waals surface area contributed by atoms with Gasteiger partial charge in [-0.3, -0.25) is 0 Å². The number of hydrogen-bond donors (Lipinski definition) is 1. The van der Waals surface area contributed by atoms with Gasteiger partial charge in [0.15, 0.2) is 5.25 Å². The van der Waals surface area contributed by atoms with E-state index in [4.69, 9.17) is 5.26 Å². The third-order valence-electron chi connectivity index (χ3n) is 1.35. The highest BCUT2D eigenvalue weighted by Crippen LogP contribution is 1.98. The van der Waals surface area contributed by atoms with Crippen LogP contribution in [0.3, 0.4) is 0 Å². The fourth-order valence-electron chi connectivity index (χ4n) is 0.479. The van der Waals surface area contributed by atoms with Gasteiger partial charge in [-0.15, -0.1) is 6.58 Å². The molecule has 0 aromatic rings. The molecule has 0 saturated heterocycles. The molecule has 12 heavy (non-hydrogen) atoms. The van der Waals surface area contributed by atoms with Gasteiger partial charge in [-0.2, -0.15) is 5.26 Å². The summed E-state index contributed by atoms with van der Waals surface area (Å²) in [5.74, 6) is 0. The van der Waals surface area contributed by atoms with Gasteiger partial charge >= 0.3 is 0 Å². The Morgan fingerprint density at radius 3 is 2.42 bits per heavy atom. The fourth-order valence-corrected chi connectivity index (χ4v) is 1.44. The summed E-state index contributed by atoms with van der Waals surface area (Å²) in [4.78, 5) is 0. The lowest BCUT2D eigenvalue weighted by Gasteiger charge is -2.10. The molecule has 0 aromatic carbocycles. The quantitative estimate of drug-likeness (QED) is 0.649. The molecule has 0 bridgehead atoms. The topological polar surface area (TPSA) is 70.0 Å². The van der Waals surface area contributed by atoms with Gasteiger partial charge in [-0.25, -0.2) is 13.1 Å². The van der Waals surface area contributed by atoms with Gasteiger partial charge in [0.25, 0.3) is 0 Å². The zero-order valence-corrected chi connectivity index (χ0v) is 7.93. The summed E-state index contributed by atoms with van der Waals surface area (Å²) in [5, 5.41) is 7.33. The van der Waals surface area contributed by atoms with Gasteiger partial charge in [-0.05, 0) is 13.8 Å². The van der Waals surface area contributed by atoms with Crippen LogP contribution in [-0.2, 0) is 10.0 Å². The molecule has 0 spiro atoms. The van der Waals surface area contributed by atoms with E-state index in [1.54, 1.807) is 13.0 Å². The maximum absolute atomic E-state index is 11.1. The Kier molecular flexibility index (Phi) is 3.93. The molecular formula is C7H12N2O2S. The van der Waals surface area contributed by atoms with Crippen LogP contribution in [0.5, 0.6) is 0 Å². The Morgan fingerprint density at radius 2 is 2.08 bits per heavy atom. The van der Waals surface area contributed by atoms with Crippen molar-refractivity contribution in [3.05, 3.63) is 12.7 Å². The third kappa shape index (κ3) is 3.03. The van der Waals surface area contributed by atoms with E-state index in [1.165, 1.54) is 13.0 Å². The van der Waals surface area contributed by atoms with Gasteiger partial charge in [0.05, 0.1) is 6.07 Å². The highest BCUT2D eigenvalue weighted by Gasteiger charge is 2.20. The molecule has 0 fully saturated rings. The first-order chi connectivity index (χ1) is 5.44. The molecular weight excluding hydrogens is 176 g/mol. The van der Waals surface area contributed by atoms with Crippen molar-refractivity contribution in [2.45, 2.75) is 25.1 Å². The standard InChI is InChI=1S/C7H12N2O2S/c1-4-6(2)9-12(10,11)7(3)5-8/h4,6-7,9H,1H2,2-3H3. The fraction of sp³-hybridized carbons (Fsp3) is 0.571. The molecule has 4 nitrogen and oxygen atoms in total. The van der Waals surface area contributed by atoms with E-state index < -0.39 is 15.3 Å². The van der Waals surface area contributed by atoms with E-state index >= 15 is 0 Å². The predicted octanol–water partition coefficient (Wildman–Crippen LogP) is 0.392. The first-order valence-electron chi connectivity index (χ1n) is 3.47. The summed E-state index contributed by atoms with van der Waals surface area (Å²) in [7, 11) is -3.50. The van der Waals surface area contributed by atoms with Crippen molar-refractivity contribution in [2.75, 3.05) is 0 Å². The summed E-state index contributed by atoms with van der Waals surface area (Å²) in [6, 6.07) is 1.31. The van der Waals surface area contributed by atoms with Gasteiger partial charge in [0, 0.05) is 6.04 Å². The van der Waals surface area contributed by atoms with Crippen LogP contribution < -0.4 is 4.72 Å². The number of nitriles is 1. The van der Waals surface area contributed by atoms with Crippen molar-refractivity contribution in [3.8, 4) is 6.07 Å². The van der Waals surface area contributed by atoms with Crippen LogP contribution in [0.4, 0.5) is 0 Å². The zero-order chi connectivity index (χ0) is 9.78. The van der Waals surface area contributed by atoms with E-state index in [0.717, 1.165) is 0 Å². The van der Waals surface area contributed by atoms with Crippen LogP contribution in [0.15, 0.2) is 12.7 Å². The predicted molar refractivity (Wildman–Crippen MR) is 46.8 cm³/mol. The second-order valence-electron chi connectivity index (χ2n) is 2.46. The van der Waals surface area contributed by atoms with Gasteiger partial charge in [0.2, 0.25) is 10.0 Å². The van der Waals surface area contributed by atoms with E-state index in [1.807, 2.05) is 0 Å². The summed E-state index contributed by atoms with van der Waals surface area (Å²) in [6.45, 7) is 6.40. The summed E-state index contributed by atoms with van der Waals surface area (Å²) >= 11 is 0. The SMILES string of the molecule is C=CC(C)NS(=O)(=O)C(C)C#N. The summed E-state index contributed by atoms with van der Waals surface area (Å²) in [6.07, 6.45) is 1.46. The molecule has 0 aliphatic carbocycles. The Labute approximate surface area is 72.9 Å². The van der Waals surface area contributed by atoms with Crippen LogP contribution in [-0.4, -0.2) is 19.7 Å². The third-order valence-corrected chi connectivity index (χ3v) is 3.09. The second-order valence-corrected chi connectivity index (χ2v) is 4.49. The van der Waals surface area contributed by atoms with Crippen LogP contribution in [0.1, 0.15) is 13.8 Å². The van der Waals surface area contributed by atoms with Crippen molar-refractivity contribution < 1.29 is 8.42 Å². The average Bonchev–Trinajstić information content (AvgIpc) is 2.02. The minimum absolute atomic E-state index is 0.342. The Hall–Kier alpha value is -0.860. The number of sulfonamides is 1. The van der Waals surface area contributed by atoms with Gasteiger partial charge in [-0.1, -0.05) is 6.08 Å². The molecule has 5 heteroatoms. The molecule has 0 rings (SSSR count). The maximum atomic E-state index is 11.1. The van der Waals surface area contributed by atoms with E-state index in [-0.39, 0.29) is 6.04 Å². The number of nitrogens with one attached hydrogen (secondary N) is 1. The lowest BCUT2D eigenvalue weighted by atomic mass is 10.4. The van der Waals surface area contributed by atoms with Crippen LogP contribution in [0, 0.1) is 11.3 Å². The molecule has 0 heterocycles. The summed E-state index contributed by atoms with van der Waals surface area (Å²) < 4.78 is 24.6. The normalized spacial score (nSPS) is 16.1. The smallest absolute Gasteiger partial charge is 0.211 e. The lowest BCUT2D eigenvalue weighted by Crippen LogP contribution is -2.36. The Balaban J connectivity index is 4.46. The first kappa shape index (κ1) is 11.1. The molecule has 0 radical (unpaired) electrons. The number of rotatable bonds is 4. The van der Waals surface area contributed by atoms with E-state index in [9.17, 15) is 8.42 Å². The number of nitrogens with zero attached hydrogens (tertiary/aromatic N) is 1. The van der Waals surface area contributed by atoms with E-state index in [2.05, 4.69) is 11.3 Å². The van der Waals surface area contributed by atoms with Crippen LogP contribution in [0.2, 0.25) is 0 Å². The minimum atomic E-state index is -3.50. The van der Waals surface area contributed by atoms with Gasteiger partial charge < -0.3 is 0 Å². The lowest BCUT2D eigenvalue weighted by molar-refractivity contribution is 0.572. The largest absolute Gasteiger partial charge is 0.228 e. The molecule has 0 aliphatic heterocycles. The molecule has 0 amide bonds. The van der Waals surface area contributed by atoms with Crippen LogP contribution in [0.25, 0.3) is 0 Å². The van der Waals surface area contributed by atoms with Crippen molar-refractivity contribution >= 4 is 10.0 Å². The minimum Gasteiger partial charge on any atom is -0.211 e. The van der Waals surface area contributed by atoms with Gasteiger partial charge in [0.1, 0.15) is 0 Å². The number of hydrogen-bond acceptors (Lipinski definition) is 3. The monoisotopic (exact) mass is 188 g/mol. The highest BCUT2D eigenvalue weighted by molar-refractivity contribution is 7.90. The van der Waals surface area contributed by atoms with Crippen molar-refractivity contribution in [3.63, 3.8) is 0 Å². The summed E-state index contributed by atoms with van der Waals surface area (Å²) in [5.41, 5.74) is 0. The molecule has 0 aliphatic rings. The molecule has 0 saturated carbocycles. The van der Waals surface area contributed by atoms with Crippen molar-refractivity contribution in [2.24, 2.45) is 0 Å². The average molecular weight is 188 g/mol. The molecule has 2 unspecified atom stereocenters. The Morgan fingerprint density at radius 1 is 1.58 bits per heavy atom. The second kappa shape index (κ2) is 4.24. The van der Waals surface area contributed by atoms with E-state index in [0.29, 0.717) is 0 Å². The molecule has 1 N–H and O–H groups in total. The zero-order valence-electron chi connectivity index (χ0n) is 7.11. The molecule has 2 atom stereocenters. The highest BCUT2D eigenvalue weighted by atomic mass is 32.2. The van der Waals surface area contributed by atoms with Crippen molar-refractivity contribution in [1.82, 2.24) is 4.72 Å². The Bertz CT molecular complexity index is 289. The molecule has 0 aromatic heterocycles. The first-order valence-corrected chi connectivity index (χ1v) is 5.02. The van der Waals surface area contributed by atoms with Crippen LogP contribution >= 0.6 is 0 Å². The maximum Gasteiger partial charge on any atom is 0.228 e. The molecule has 68 valence electrons. The van der Waals surface area contributed by atoms with Crippen molar-refractivity contribution in [1.29, 1.82) is 5.26 Å².